The molecule has 33 heavy (non-hydrogen) atoms. The number of para-hydroxylation sites is 1. The number of fused-ring (bicyclic) bond motifs is 1. The molecule has 8 heteroatoms. The number of anilines is 1. The quantitative estimate of drug-likeness (QED) is 0.363. The van der Waals surface area contributed by atoms with Gasteiger partial charge in [0.1, 0.15) is 5.70 Å². The van der Waals surface area contributed by atoms with Gasteiger partial charge in [0.15, 0.2) is 22.4 Å². The molecule has 0 aliphatic carbocycles. The van der Waals surface area contributed by atoms with E-state index in [1.165, 1.54) is 16.7 Å². The molecule has 1 amide bonds. The summed E-state index contributed by atoms with van der Waals surface area (Å²) in [5.41, 5.74) is 2.28. The zero-order valence-corrected chi connectivity index (χ0v) is 18.8. The Morgan fingerprint density at radius 3 is 2.58 bits per heavy atom. The van der Waals surface area contributed by atoms with Crippen LogP contribution in [0.1, 0.15) is 15.9 Å². The van der Waals surface area contributed by atoms with Crippen molar-refractivity contribution in [1.29, 1.82) is 0 Å². The number of hydrogen-bond donors (Lipinski definition) is 0. The number of benzene rings is 3. The number of aliphatic imine (C=N–C) groups is 1. The number of amides is 1. The van der Waals surface area contributed by atoms with Crippen LogP contribution in [0.15, 0.2) is 83.5 Å². The summed E-state index contributed by atoms with van der Waals surface area (Å²) in [7, 11) is 0. The van der Waals surface area contributed by atoms with Crippen molar-refractivity contribution >= 4 is 52.0 Å². The van der Waals surface area contributed by atoms with Crippen LogP contribution >= 0.6 is 23.4 Å². The van der Waals surface area contributed by atoms with Crippen molar-refractivity contribution in [2.45, 2.75) is 0 Å². The molecule has 0 N–H and O–H groups in total. The highest BCUT2D eigenvalue weighted by Crippen LogP contribution is 2.34. The first-order chi connectivity index (χ1) is 16.1. The molecule has 0 radical (unpaired) electrons. The third-order valence-electron chi connectivity index (χ3n) is 5.04. The first-order valence-corrected chi connectivity index (χ1v) is 11.5. The van der Waals surface area contributed by atoms with Gasteiger partial charge in [-0.15, -0.1) is 0 Å². The molecule has 0 bridgehead atoms. The van der Waals surface area contributed by atoms with E-state index in [0.29, 0.717) is 32.9 Å². The van der Waals surface area contributed by atoms with Crippen LogP contribution in [0.4, 0.5) is 5.69 Å². The number of hydrogen-bond acceptors (Lipinski definition) is 6. The number of carbonyl (C=O) groups excluding carboxylic acids is 2. The van der Waals surface area contributed by atoms with Crippen LogP contribution < -0.4 is 14.4 Å². The predicted molar refractivity (Wildman–Crippen MR) is 130 cm³/mol. The van der Waals surface area contributed by atoms with E-state index in [0.717, 1.165) is 5.56 Å². The number of amidine groups is 1. The van der Waals surface area contributed by atoms with Gasteiger partial charge in [-0.25, -0.2) is 4.99 Å². The van der Waals surface area contributed by atoms with E-state index in [2.05, 4.69) is 4.99 Å². The van der Waals surface area contributed by atoms with Crippen LogP contribution in [0.2, 0.25) is 5.02 Å². The molecule has 2 aliphatic rings. The van der Waals surface area contributed by atoms with Crippen molar-refractivity contribution in [1.82, 2.24) is 0 Å². The number of thioether (sulfide) groups is 1. The number of Topliss-reactive ketones (excluding diaryl/α,β-unsaturated/α-hetero) is 1. The van der Waals surface area contributed by atoms with Crippen molar-refractivity contribution in [3.05, 3.63) is 94.6 Å². The molecule has 2 heterocycles. The van der Waals surface area contributed by atoms with Crippen LogP contribution in [0.5, 0.6) is 11.5 Å². The smallest absolute Gasteiger partial charge is 0.283 e. The Labute approximate surface area is 199 Å². The average molecular weight is 477 g/mol. The van der Waals surface area contributed by atoms with Gasteiger partial charge in [0.25, 0.3) is 5.91 Å². The Hall–Kier alpha value is -3.55. The maximum Gasteiger partial charge on any atom is 0.283 e. The summed E-state index contributed by atoms with van der Waals surface area (Å²) in [6.07, 6.45) is 1.70. The second-order valence-electron chi connectivity index (χ2n) is 7.23. The van der Waals surface area contributed by atoms with E-state index < -0.39 is 0 Å². The third kappa shape index (κ3) is 4.51. The number of ether oxygens (including phenoxy) is 2. The summed E-state index contributed by atoms with van der Waals surface area (Å²) in [6.45, 7) is 0.177. The fraction of sp³-hybridized carbons (Fsp3) is 0.0800. The number of halogens is 1. The summed E-state index contributed by atoms with van der Waals surface area (Å²) in [4.78, 5) is 32.0. The van der Waals surface area contributed by atoms with Crippen LogP contribution in [-0.4, -0.2) is 29.4 Å². The van der Waals surface area contributed by atoms with Crippen LogP contribution in [-0.2, 0) is 4.79 Å². The molecule has 3 aromatic carbocycles. The van der Waals surface area contributed by atoms with E-state index in [1.807, 2.05) is 36.4 Å². The molecular weight excluding hydrogens is 460 g/mol. The lowest BCUT2D eigenvalue weighted by Gasteiger charge is -2.17. The molecular formula is C25H17ClN2O4S. The highest BCUT2D eigenvalue weighted by atomic mass is 35.5. The van der Waals surface area contributed by atoms with Crippen LogP contribution in [0, 0.1) is 0 Å². The van der Waals surface area contributed by atoms with Gasteiger partial charge >= 0.3 is 0 Å². The van der Waals surface area contributed by atoms with Gasteiger partial charge in [-0.1, -0.05) is 47.6 Å². The van der Waals surface area contributed by atoms with Crippen LogP contribution in [0.3, 0.4) is 0 Å². The largest absolute Gasteiger partial charge is 0.454 e. The van der Waals surface area contributed by atoms with Gasteiger partial charge in [-0.2, -0.15) is 0 Å². The first-order valence-electron chi connectivity index (χ1n) is 10.1. The molecule has 2 aliphatic heterocycles. The fourth-order valence-electron chi connectivity index (χ4n) is 3.41. The summed E-state index contributed by atoms with van der Waals surface area (Å²) in [5, 5.41) is 1.01. The second kappa shape index (κ2) is 9.13. The maximum atomic E-state index is 13.3. The Balaban J connectivity index is 1.42. The normalized spacial score (nSPS) is 15.8. The van der Waals surface area contributed by atoms with Crippen molar-refractivity contribution in [2.24, 2.45) is 4.99 Å². The predicted octanol–water partition coefficient (Wildman–Crippen LogP) is 5.43. The molecule has 5 rings (SSSR count). The van der Waals surface area contributed by atoms with E-state index >= 15 is 0 Å². The van der Waals surface area contributed by atoms with Gasteiger partial charge < -0.3 is 9.47 Å². The summed E-state index contributed by atoms with van der Waals surface area (Å²) >= 11 is 7.13. The fourth-order valence-corrected chi connectivity index (χ4v) is 4.44. The molecule has 0 saturated carbocycles. The lowest BCUT2D eigenvalue weighted by Crippen LogP contribution is -2.30. The minimum atomic E-state index is -0.264. The first kappa shape index (κ1) is 21.3. The Bertz CT molecular complexity index is 1290. The van der Waals surface area contributed by atoms with Crippen molar-refractivity contribution in [2.75, 3.05) is 17.4 Å². The Morgan fingerprint density at radius 2 is 1.79 bits per heavy atom. The van der Waals surface area contributed by atoms with Gasteiger partial charge in [0.05, 0.1) is 11.4 Å². The van der Waals surface area contributed by atoms with Gasteiger partial charge in [-0.3, -0.25) is 14.5 Å². The van der Waals surface area contributed by atoms with Gasteiger partial charge in [-0.05, 0) is 60.2 Å². The summed E-state index contributed by atoms with van der Waals surface area (Å²) in [5.74, 6) is 1.09. The summed E-state index contributed by atoms with van der Waals surface area (Å²) < 4.78 is 10.8. The standard InChI is InChI=1S/C25H17ClN2O4S/c26-18-9-7-17(8-10-18)21(29)14-33-25-27-20(24(30)28(25)19-4-2-1-3-5-19)12-16-6-11-22-23(13-16)32-15-31-22/h1-13H,14-15H2/b20-12-. The highest BCUT2D eigenvalue weighted by molar-refractivity contribution is 8.14. The number of carbonyl (C=O) groups is 2. The monoisotopic (exact) mass is 476 g/mol. The molecule has 164 valence electrons. The molecule has 0 fully saturated rings. The van der Waals surface area contributed by atoms with E-state index in [1.54, 1.807) is 42.5 Å². The van der Waals surface area contributed by atoms with Gasteiger partial charge in [0.2, 0.25) is 6.79 Å². The molecule has 3 aromatic rings. The third-order valence-corrected chi connectivity index (χ3v) is 6.23. The zero-order chi connectivity index (χ0) is 22.8. The maximum absolute atomic E-state index is 13.3. The van der Waals surface area contributed by atoms with Crippen LogP contribution in [0.25, 0.3) is 6.08 Å². The molecule has 0 saturated heterocycles. The topological polar surface area (TPSA) is 68.2 Å². The van der Waals surface area contributed by atoms with Crippen molar-refractivity contribution in [3.8, 4) is 11.5 Å². The molecule has 0 unspecified atom stereocenters. The minimum absolute atomic E-state index is 0.0759. The second-order valence-corrected chi connectivity index (χ2v) is 8.61. The van der Waals surface area contributed by atoms with E-state index in [4.69, 9.17) is 21.1 Å². The van der Waals surface area contributed by atoms with E-state index in [-0.39, 0.29) is 29.9 Å². The molecule has 0 atom stereocenters. The van der Waals surface area contributed by atoms with E-state index in [9.17, 15) is 9.59 Å². The zero-order valence-electron chi connectivity index (χ0n) is 17.2. The molecule has 6 nitrogen and oxygen atoms in total. The van der Waals surface area contributed by atoms with Crippen molar-refractivity contribution < 1.29 is 19.1 Å². The number of ketones is 1. The van der Waals surface area contributed by atoms with Crippen molar-refractivity contribution in [3.63, 3.8) is 0 Å². The van der Waals surface area contributed by atoms with Gasteiger partial charge in [0, 0.05) is 10.6 Å². The number of nitrogens with zero attached hydrogens (tertiary/aromatic N) is 2. The highest BCUT2D eigenvalue weighted by Gasteiger charge is 2.32. The Morgan fingerprint density at radius 1 is 1.03 bits per heavy atom. The SMILES string of the molecule is O=C(CSC1=N/C(=C\c2ccc3c(c2)OCO3)C(=O)N1c1ccccc1)c1ccc(Cl)cc1. The Kier molecular flexibility index (Phi) is 5.90. The lowest BCUT2D eigenvalue weighted by atomic mass is 10.1. The lowest BCUT2D eigenvalue weighted by molar-refractivity contribution is -0.113. The molecule has 0 aromatic heterocycles. The average Bonchev–Trinajstić information content (AvgIpc) is 3.42. The molecule has 0 spiro atoms. The minimum Gasteiger partial charge on any atom is -0.454 e. The number of rotatable bonds is 5. The summed E-state index contributed by atoms with van der Waals surface area (Å²) in [6, 6.07) is 21.4.